The maximum Gasteiger partial charge on any atom is 0.316 e. The fourth-order valence-electron chi connectivity index (χ4n) is 1.61. The number of ether oxygens (including phenoxy) is 1. The first-order valence-electron chi connectivity index (χ1n) is 5.92. The van der Waals surface area contributed by atoms with Gasteiger partial charge >= 0.3 is 5.97 Å². The van der Waals surface area contributed by atoms with E-state index >= 15 is 0 Å². The highest BCUT2D eigenvalue weighted by atomic mass is 32.2. The third-order valence-corrected chi connectivity index (χ3v) is 4.91. The molecule has 0 aromatic heterocycles. The van der Waals surface area contributed by atoms with Crippen molar-refractivity contribution in [1.29, 1.82) is 0 Å². The predicted octanol–water partition coefficient (Wildman–Crippen LogP) is 0.705. The number of carbonyl (C=O) groups excluding carboxylic acids is 1. The molecule has 0 heterocycles. The summed E-state index contributed by atoms with van der Waals surface area (Å²) in [5.41, 5.74) is 0. The average molecular weight is 312 g/mol. The molecule has 0 aliphatic carbocycles. The van der Waals surface area contributed by atoms with Crippen LogP contribution in [-0.4, -0.2) is 38.9 Å². The molecule has 0 saturated heterocycles. The van der Waals surface area contributed by atoms with Gasteiger partial charge in [0.15, 0.2) is 0 Å². The molecule has 0 aliphatic heterocycles. The molecule has 0 N–H and O–H groups in total. The minimum atomic E-state index is -3.65. The van der Waals surface area contributed by atoms with Crippen molar-refractivity contribution in [2.24, 2.45) is 11.8 Å². The van der Waals surface area contributed by atoms with Gasteiger partial charge in [0, 0.05) is 5.92 Å². The van der Waals surface area contributed by atoms with Crippen molar-refractivity contribution >= 4 is 29.2 Å². The minimum absolute atomic E-state index is 0.133. The van der Waals surface area contributed by atoms with E-state index in [1.165, 1.54) is 0 Å². The third-order valence-electron chi connectivity index (χ3n) is 2.35. The van der Waals surface area contributed by atoms with Crippen LogP contribution in [0.25, 0.3) is 0 Å². The SMILES string of the molecule is CCOC(=O)C(C)C(C(C)C)=[P+]([O-])COS(C)(=O)=O. The van der Waals surface area contributed by atoms with E-state index in [2.05, 4.69) is 4.18 Å². The Morgan fingerprint density at radius 2 is 1.84 bits per heavy atom. The summed E-state index contributed by atoms with van der Waals surface area (Å²) in [4.78, 5) is 23.8. The smallest absolute Gasteiger partial charge is 0.316 e. The second-order valence-electron chi connectivity index (χ2n) is 4.38. The maximum atomic E-state index is 12.1. The fraction of sp³-hybridized carbons (Fsp3) is 0.818. The van der Waals surface area contributed by atoms with E-state index in [1.54, 1.807) is 27.7 Å². The summed E-state index contributed by atoms with van der Waals surface area (Å²) in [6.45, 7) is 7.11. The van der Waals surface area contributed by atoms with E-state index < -0.39 is 36.1 Å². The Kier molecular flexibility index (Phi) is 7.74. The minimum Gasteiger partial charge on any atom is -0.629 e. The topological polar surface area (TPSA) is 92.7 Å². The molecule has 0 aliphatic rings. The van der Waals surface area contributed by atoms with E-state index in [9.17, 15) is 18.1 Å². The fourth-order valence-corrected chi connectivity index (χ4v) is 4.02. The zero-order chi connectivity index (χ0) is 15.2. The summed E-state index contributed by atoms with van der Waals surface area (Å²) in [6.07, 6.45) is 0.450. The van der Waals surface area contributed by atoms with Crippen molar-refractivity contribution in [3.8, 4) is 0 Å². The van der Waals surface area contributed by atoms with Gasteiger partial charge in [-0.3, -0.25) is 4.79 Å². The Hall–Kier alpha value is -0.490. The second-order valence-corrected chi connectivity index (χ2v) is 7.56. The maximum absolute atomic E-state index is 12.1. The van der Waals surface area contributed by atoms with Crippen LogP contribution < -0.4 is 4.89 Å². The highest BCUT2D eigenvalue weighted by Gasteiger charge is 2.29. The van der Waals surface area contributed by atoms with Crippen LogP contribution in [0.4, 0.5) is 0 Å². The van der Waals surface area contributed by atoms with Crippen LogP contribution in [0.3, 0.4) is 0 Å². The van der Waals surface area contributed by atoms with Gasteiger partial charge in [-0.1, -0.05) is 13.8 Å². The highest BCUT2D eigenvalue weighted by Crippen LogP contribution is 2.25. The van der Waals surface area contributed by atoms with Gasteiger partial charge in [0.2, 0.25) is 6.35 Å². The lowest BCUT2D eigenvalue weighted by Gasteiger charge is -2.16. The van der Waals surface area contributed by atoms with E-state index in [4.69, 9.17) is 4.74 Å². The lowest BCUT2D eigenvalue weighted by Crippen LogP contribution is -2.28. The molecular weight excluding hydrogens is 291 g/mol. The molecule has 0 bridgehead atoms. The molecule has 8 heteroatoms. The Labute approximate surface area is 115 Å². The molecule has 19 heavy (non-hydrogen) atoms. The van der Waals surface area contributed by atoms with Crippen LogP contribution in [0, 0.1) is 11.8 Å². The molecule has 2 unspecified atom stereocenters. The molecule has 0 aromatic rings. The average Bonchev–Trinajstić information content (AvgIpc) is 2.25. The third kappa shape index (κ3) is 7.01. The predicted molar refractivity (Wildman–Crippen MR) is 73.4 cm³/mol. The van der Waals surface area contributed by atoms with Crippen molar-refractivity contribution in [2.75, 3.05) is 19.2 Å². The summed E-state index contributed by atoms with van der Waals surface area (Å²) >= 11 is 0. The monoisotopic (exact) mass is 312 g/mol. The van der Waals surface area contributed by atoms with Crippen LogP contribution in [0.15, 0.2) is 0 Å². The summed E-state index contributed by atoms with van der Waals surface area (Å²) in [6, 6.07) is 0. The van der Waals surface area contributed by atoms with Crippen molar-refractivity contribution < 1.29 is 27.0 Å². The van der Waals surface area contributed by atoms with Gasteiger partial charge in [-0.15, -0.1) is 0 Å². The molecule has 0 aromatic carbocycles. The highest BCUT2D eigenvalue weighted by molar-refractivity contribution is 7.86. The Balaban J connectivity index is 5.12. The summed E-state index contributed by atoms with van der Waals surface area (Å²) in [5, 5.41) is 0.456. The Bertz CT molecular complexity index is 440. The van der Waals surface area contributed by atoms with Gasteiger partial charge in [0.1, 0.15) is 11.2 Å². The van der Waals surface area contributed by atoms with Crippen LogP contribution >= 0.6 is 7.77 Å². The van der Waals surface area contributed by atoms with Gasteiger partial charge in [-0.25, -0.2) is 4.18 Å². The molecule has 0 spiro atoms. The molecule has 0 amide bonds. The molecule has 2 atom stereocenters. The van der Waals surface area contributed by atoms with Crippen LogP contribution in [0.2, 0.25) is 0 Å². The van der Waals surface area contributed by atoms with Crippen molar-refractivity contribution in [2.45, 2.75) is 27.7 Å². The van der Waals surface area contributed by atoms with Crippen molar-refractivity contribution in [3.63, 3.8) is 0 Å². The second kappa shape index (κ2) is 7.94. The van der Waals surface area contributed by atoms with Crippen LogP contribution in [0.5, 0.6) is 0 Å². The van der Waals surface area contributed by atoms with Gasteiger partial charge in [-0.2, -0.15) is 8.42 Å². The summed E-state index contributed by atoms with van der Waals surface area (Å²) < 4.78 is 31.2. The zero-order valence-corrected chi connectivity index (χ0v) is 13.6. The number of carbonyl (C=O) groups is 1. The van der Waals surface area contributed by atoms with Crippen LogP contribution in [0.1, 0.15) is 27.7 Å². The van der Waals surface area contributed by atoms with E-state index in [-0.39, 0.29) is 12.5 Å². The summed E-state index contributed by atoms with van der Waals surface area (Å²) in [7, 11) is -5.71. The van der Waals surface area contributed by atoms with Crippen molar-refractivity contribution in [1.82, 2.24) is 0 Å². The van der Waals surface area contributed by atoms with Crippen molar-refractivity contribution in [3.05, 3.63) is 0 Å². The number of rotatable bonds is 7. The molecule has 6 nitrogen and oxygen atoms in total. The lowest BCUT2D eigenvalue weighted by molar-refractivity contribution is -0.156. The number of hydrogen-bond donors (Lipinski definition) is 0. The molecule has 0 radical (unpaired) electrons. The first kappa shape index (κ1) is 18.5. The van der Waals surface area contributed by atoms with E-state index in [0.29, 0.717) is 5.29 Å². The zero-order valence-electron chi connectivity index (χ0n) is 11.9. The lowest BCUT2D eigenvalue weighted by atomic mass is 9.99. The standard InChI is InChI=1S/C11H21O6PS/c1-6-16-11(12)9(4)10(8(2)3)18(13)7-17-19(5,14)15/h8-9H,6-7H2,1-5H3. The Morgan fingerprint density at radius 1 is 1.32 bits per heavy atom. The van der Waals surface area contributed by atoms with Gasteiger partial charge < -0.3 is 9.63 Å². The molecule has 0 saturated carbocycles. The van der Waals surface area contributed by atoms with Gasteiger partial charge in [0.25, 0.3) is 10.1 Å². The Morgan fingerprint density at radius 3 is 2.21 bits per heavy atom. The molecule has 0 fully saturated rings. The quantitative estimate of drug-likeness (QED) is 0.390. The number of hydrogen-bond acceptors (Lipinski definition) is 6. The van der Waals surface area contributed by atoms with Crippen LogP contribution in [-0.2, 0) is 23.8 Å². The van der Waals surface area contributed by atoms with E-state index in [0.717, 1.165) is 6.26 Å². The first-order valence-corrected chi connectivity index (χ1v) is 9.18. The normalized spacial score (nSPS) is 15.1. The molecule has 0 rings (SSSR count). The van der Waals surface area contributed by atoms with E-state index in [1.807, 2.05) is 0 Å². The van der Waals surface area contributed by atoms with Gasteiger partial charge in [0.05, 0.1) is 20.6 Å². The molecular formula is C11H21O6PS. The number of esters is 1. The first-order chi connectivity index (χ1) is 8.60. The summed E-state index contributed by atoms with van der Waals surface area (Å²) in [5.74, 6) is -1.24. The largest absolute Gasteiger partial charge is 0.629 e. The van der Waals surface area contributed by atoms with Gasteiger partial charge in [-0.05, 0) is 13.8 Å². The molecule has 112 valence electrons.